The average molecular weight is 301 g/mol. The number of carbonyl (C=O) groups is 1. The molecule has 0 unspecified atom stereocenters. The zero-order valence-corrected chi connectivity index (χ0v) is 12.1. The third-order valence-electron chi connectivity index (χ3n) is 2.61. The van der Waals surface area contributed by atoms with Gasteiger partial charge in [0.15, 0.2) is 0 Å². The molecular formula is C15H12FN3OS. The van der Waals surface area contributed by atoms with Gasteiger partial charge in [-0.2, -0.15) is 5.26 Å². The number of benzene rings is 1. The zero-order valence-electron chi connectivity index (χ0n) is 11.3. The van der Waals surface area contributed by atoms with Crippen molar-refractivity contribution in [3.05, 3.63) is 53.5 Å². The number of anilines is 1. The SMILES string of the molecule is Cc1ccc(C#N)c(SCC(=O)Nc2ccccc2F)n1. The molecule has 0 atom stereocenters. The topological polar surface area (TPSA) is 65.8 Å². The second-order valence-electron chi connectivity index (χ2n) is 4.23. The number of pyridine rings is 1. The first kappa shape index (κ1) is 15.0. The maximum atomic E-state index is 13.4. The van der Waals surface area contributed by atoms with E-state index < -0.39 is 5.82 Å². The molecule has 0 saturated carbocycles. The molecule has 1 heterocycles. The lowest BCUT2D eigenvalue weighted by molar-refractivity contribution is -0.113. The monoisotopic (exact) mass is 301 g/mol. The van der Waals surface area contributed by atoms with Crippen LogP contribution in [0.2, 0.25) is 0 Å². The number of nitrogens with one attached hydrogen (secondary N) is 1. The fourth-order valence-corrected chi connectivity index (χ4v) is 2.43. The quantitative estimate of drug-likeness (QED) is 0.881. The number of carbonyl (C=O) groups excluding carboxylic acids is 1. The van der Waals surface area contributed by atoms with Gasteiger partial charge in [-0.15, -0.1) is 0 Å². The number of nitrogens with zero attached hydrogens (tertiary/aromatic N) is 2. The third-order valence-corrected chi connectivity index (χ3v) is 3.60. The van der Waals surface area contributed by atoms with Crippen molar-refractivity contribution in [2.75, 3.05) is 11.1 Å². The van der Waals surface area contributed by atoms with Crippen molar-refractivity contribution in [2.45, 2.75) is 11.9 Å². The molecule has 0 aliphatic rings. The summed E-state index contributed by atoms with van der Waals surface area (Å²) in [6.07, 6.45) is 0. The summed E-state index contributed by atoms with van der Waals surface area (Å²) in [4.78, 5) is 16.0. The van der Waals surface area contributed by atoms with Crippen LogP contribution in [0.25, 0.3) is 0 Å². The molecule has 0 bridgehead atoms. The van der Waals surface area contributed by atoms with E-state index in [2.05, 4.69) is 10.3 Å². The fourth-order valence-electron chi connectivity index (χ4n) is 1.61. The Morgan fingerprint density at radius 3 is 2.86 bits per heavy atom. The molecule has 0 fully saturated rings. The molecule has 0 aliphatic carbocycles. The molecule has 106 valence electrons. The Morgan fingerprint density at radius 2 is 2.14 bits per heavy atom. The van der Waals surface area contributed by atoms with E-state index >= 15 is 0 Å². The van der Waals surface area contributed by atoms with Crippen LogP contribution in [0.1, 0.15) is 11.3 Å². The summed E-state index contributed by atoms with van der Waals surface area (Å²) < 4.78 is 13.4. The van der Waals surface area contributed by atoms with Crippen molar-refractivity contribution in [1.82, 2.24) is 4.98 Å². The lowest BCUT2D eigenvalue weighted by Gasteiger charge is -2.07. The zero-order chi connectivity index (χ0) is 15.2. The molecule has 6 heteroatoms. The van der Waals surface area contributed by atoms with Crippen LogP contribution in [0, 0.1) is 24.1 Å². The summed E-state index contributed by atoms with van der Waals surface area (Å²) in [7, 11) is 0. The number of aryl methyl sites for hydroxylation is 1. The second-order valence-corrected chi connectivity index (χ2v) is 5.20. The van der Waals surface area contributed by atoms with Crippen LogP contribution in [0.15, 0.2) is 41.4 Å². The van der Waals surface area contributed by atoms with Gasteiger partial charge < -0.3 is 5.32 Å². The summed E-state index contributed by atoms with van der Waals surface area (Å²) in [6, 6.07) is 11.4. The van der Waals surface area contributed by atoms with Crippen LogP contribution in [0.5, 0.6) is 0 Å². The molecule has 1 amide bonds. The Labute approximate surface area is 126 Å². The first-order valence-corrected chi connectivity index (χ1v) is 7.13. The van der Waals surface area contributed by atoms with E-state index in [0.717, 1.165) is 17.5 Å². The largest absolute Gasteiger partial charge is 0.323 e. The predicted molar refractivity (Wildman–Crippen MR) is 79.4 cm³/mol. The molecule has 2 aromatic rings. The maximum Gasteiger partial charge on any atom is 0.234 e. The Bertz CT molecular complexity index is 712. The maximum absolute atomic E-state index is 13.4. The first-order valence-electron chi connectivity index (χ1n) is 6.15. The highest BCUT2D eigenvalue weighted by molar-refractivity contribution is 8.00. The van der Waals surface area contributed by atoms with Gasteiger partial charge in [-0.1, -0.05) is 23.9 Å². The second kappa shape index (κ2) is 6.86. The summed E-state index contributed by atoms with van der Waals surface area (Å²) in [6.45, 7) is 1.81. The van der Waals surface area contributed by atoms with Gasteiger partial charge >= 0.3 is 0 Å². The van der Waals surface area contributed by atoms with Gasteiger partial charge in [-0.3, -0.25) is 4.79 Å². The minimum Gasteiger partial charge on any atom is -0.323 e. The van der Waals surface area contributed by atoms with Crippen molar-refractivity contribution < 1.29 is 9.18 Å². The van der Waals surface area contributed by atoms with E-state index in [1.165, 1.54) is 12.1 Å². The van der Waals surface area contributed by atoms with E-state index in [9.17, 15) is 9.18 Å². The molecule has 21 heavy (non-hydrogen) atoms. The van der Waals surface area contributed by atoms with Gasteiger partial charge in [0.2, 0.25) is 5.91 Å². The summed E-state index contributed by atoms with van der Waals surface area (Å²) in [5.41, 5.74) is 1.33. The highest BCUT2D eigenvalue weighted by atomic mass is 32.2. The highest BCUT2D eigenvalue weighted by Crippen LogP contribution is 2.21. The van der Waals surface area contributed by atoms with Crippen LogP contribution in [-0.2, 0) is 4.79 Å². The first-order chi connectivity index (χ1) is 10.1. The van der Waals surface area contributed by atoms with Crippen LogP contribution in [0.4, 0.5) is 10.1 Å². The molecule has 1 N–H and O–H groups in total. The number of hydrogen-bond acceptors (Lipinski definition) is 4. The Balaban J connectivity index is 2.01. The predicted octanol–water partition coefficient (Wildman–Crippen LogP) is 3.13. The van der Waals surface area contributed by atoms with Crippen molar-refractivity contribution in [3.8, 4) is 6.07 Å². The average Bonchev–Trinajstić information content (AvgIpc) is 2.48. The number of para-hydroxylation sites is 1. The van der Waals surface area contributed by atoms with Crippen LogP contribution < -0.4 is 5.32 Å². The molecule has 1 aromatic carbocycles. The number of hydrogen-bond donors (Lipinski definition) is 1. The van der Waals surface area contributed by atoms with E-state index in [0.29, 0.717) is 10.6 Å². The number of nitriles is 1. The molecule has 4 nitrogen and oxygen atoms in total. The summed E-state index contributed by atoms with van der Waals surface area (Å²) in [5, 5.41) is 12.0. The summed E-state index contributed by atoms with van der Waals surface area (Å²) in [5.74, 6) is -0.779. The molecule has 0 saturated heterocycles. The lowest BCUT2D eigenvalue weighted by Crippen LogP contribution is -2.15. The van der Waals surface area contributed by atoms with E-state index in [1.54, 1.807) is 24.3 Å². The van der Waals surface area contributed by atoms with E-state index in [4.69, 9.17) is 5.26 Å². The number of thioether (sulfide) groups is 1. The van der Waals surface area contributed by atoms with E-state index in [-0.39, 0.29) is 17.3 Å². The van der Waals surface area contributed by atoms with Crippen molar-refractivity contribution in [3.63, 3.8) is 0 Å². The molecule has 2 rings (SSSR count). The Hall–Kier alpha value is -2.39. The number of rotatable bonds is 4. The van der Waals surface area contributed by atoms with Crippen LogP contribution >= 0.6 is 11.8 Å². The third kappa shape index (κ3) is 4.04. The molecule has 0 radical (unpaired) electrons. The smallest absolute Gasteiger partial charge is 0.234 e. The van der Waals surface area contributed by atoms with Crippen molar-refractivity contribution in [2.24, 2.45) is 0 Å². The van der Waals surface area contributed by atoms with Gasteiger partial charge in [0.05, 0.1) is 17.0 Å². The van der Waals surface area contributed by atoms with Gasteiger partial charge in [0.1, 0.15) is 16.9 Å². The van der Waals surface area contributed by atoms with Crippen LogP contribution in [0.3, 0.4) is 0 Å². The lowest BCUT2D eigenvalue weighted by atomic mass is 10.3. The number of amides is 1. The molecule has 0 spiro atoms. The van der Waals surface area contributed by atoms with Gasteiger partial charge in [-0.05, 0) is 31.2 Å². The van der Waals surface area contributed by atoms with Crippen molar-refractivity contribution >= 4 is 23.4 Å². The number of aromatic nitrogens is 1. The highest BCUT2D eigenvalue weighted by Gasteiger charge is 2.10. The summed E-state index contributed by atoms with van der Waals surface area (Å²) >= 11 is 1.15. The molecule has 1 aromatic heterocycles. The van der Waals surface area contributed by atoms with Crippen LogP contribution in [-0.4, -0.2) is 16.6 Å². The fraction of sp³-hybridized carbons (Fsp3) is 0.133. The van der Waals surface area contributed by atoms with Crippen molar-refractivity contribution in [1.29, 1.82) is 5.26 Å². The molecule has 0 aliphatic heterocycles. The van der Waals surface area contributed by atoms with E-state index in [1.807, 2.05) is 13.0 Å². The minimum atomic E-state index is -0.484. The normalized spacial score (nSPS) is 9.95. The Kier molecular flexibility index (Phi) is 4.90. The van der Waals surface area contributed by atoms with Gasteiger partial charge in [0.25, 0.3) is 0 Å². The standard InChI is InChI=1S/C15H12FN3OS/c1-10-6-7-11(8-17)15(18-10)21-9-14(20)19-13-5-3-2-4-12(13)16/h2-7H,9H2,1H3,(H,19,20). The van der Waals surface area contributed by atoms with Gasteiger partial charge in [-0.25, -0.2) is 9.37 Å². The Morgan fingerprint density at radius 1 is 1.38 bits per heavy atom. The van der Waals surface area contributed by atoms with Gasteiger partial charge in [0, 0.05) is 5.69 Å². The number of halogens is 1. The molecular weight excluding hydrogens is 289 g/mol. The minimum absolute atomic E-state index is 0.0550.